The van der Waals surface area contributed by atoms with Crippen LogP contribution < -0.4 is 4.74 Å². The maximum Gasteiger partial charge on any atom is 0.419 e. The van der Waals surface area contributed by atoms with Crippen molar-refractivity contribution in [2.75, 3.05) is 20.3 Å². The maximum absolute atomic E-state index is 13.3. The zero-order chi connectivity index (χ0) is 18.6. The molecule has 8 heteroatoms. The molecule has 0 radical (unpaired) electrons. The minimum Gasteiger partial charge on any atom is -0.493 e. The van der Waals surface area contributed by atoms with Gasteiger partial charge >= 0.3 is 12.1 Å². The molecule has 1 aromatic rings. The summed E-state index contributed by atoms with van der Waals surface area (Å²) in [5, 5.41) is 0. The van der Waals surface area contributed by atoms with Gasteiger partial charge in [-0.15, -0.1) is 0 Å². The molecule has 0 aliphatic carbocycles. The van der Waals surface area contributed by atoms with E-state index in [4.69, 9.17) is 17.0 Å². The predicted octanol–water partition coefficient (Wildman–Crippen LogP) is 3.81. The molecule has 1 fully saturated rings. The molecular formula is C17H20F3NO3S. The molecule has 0 saturated carbocycles. The number of methoxy groups -OCH3 is 1. The third-order valence-corrected chi connectivity index (χ3v) is 4.51. The standard InChI is InChI=1S/C17H20F3NO3S/c1-3-4-9-24-14-6-5-11(10-12(14)17(18,19)20)15(25)21-8-7-13(21)16(22)23-2/h5-6,10,13H,3-4,7-9H2,1-2H3/t13-/m1/s1. The highest BCUT2D eigenvalue weighted by Gasteiger charge is 2.39. The van der Waals surface area contributed by atoms with Crippen molar-refractivity contribution in [3.05, 3.63) is 29.3 Å². The zero-order valence-corrected chi connectivity index (χ0v) is 14.9. The lowest BCUT2D eigenvalue weighted by Gasteiger charge is -2.40. The Balaban J connectivity index is 2.24. The fourth-order valence-corrected chi connectivity index (χ4v) is 2.86. The SMILES string of the molecule is CCCCOc1ccc(C(=S)N2CC[C@@H]2C(=O)OC)cc1C(F)(F)F. The quantitative estimate of drug-likeness (QED) is 0.430. The van der Waals surface area contributed by atoms with Crippen LogP contribution in [0.5, 0.6) is 5.75 Å². The van der Waals surface area contributed by atoms with Crippen LogP contribution in [0.4, 0.5) is 13.2 Å². The van der Waals surface area contributed by atoms with E-state index in [0.717, 1.165) is 12.5 Å². The first-order chi connectivity index (χ1) is 11.8. The van der Waals surface area contributed by atoms with Crippen LogP contribution in [-0.4, -0.2) is 42.2 Å². The van der Waals surface area contributed by atoms with Gasteiger partial charge in [-0.05, 0) is 31.0 Å². The highest BCUT2D eigenvalue weighted by atomic mass is 32.1. The van der Waals surface area contributed by atoms with Crippen LogP contribution in [0.15, 0.2) is 18.2 Å². The Morgan fingerprint density at radius 1 is 1.40 bits per heavy atom. The first kappa shape index (κ1) is 19.5. The number of benzene rings is 1. The fraction of sp³-hybridized carbons (Fsp3) is 0.529. The molecule has 1 aliphatic heterocycles. The second-order valence-corrected chi connectivity index (χ2v) is 6.12. The van der Waals surface area contributed by atoms with Gasteiger partial charge < -0.3 is 14.4 Å². The number of carbonyl (C=O) groups is 1. The molecule has 1 heterocycles. The molecule has 4 nitrogen and oxygen atoms in total. The largest absolute Gasteiger partial charge is 0.493 e. The summed E-state index contributed by atoms with van der Waals surface area (Å²) in [5.41, 5.74) is -0.627. The number of alkyl halides is 3. The summed E-state index contributed by atoms with van der Waals surface area (Å²) in [7, 11) is 1.27. The van der Waals surface area contributed by atoms with Gasteiger partial charge in [0.2, 0.25) is 0 Å². The summed E-state index contributed by atoms with van der Waals surface area (Å²) >= 11 is 5.28. The highest BCUT2D eigenvalue weighted by molar-refractivity contribution is 7.80. The van der Waals surface area contributed by atoms with Gasteiger partial charge in [-0.1, -0.05) is 25.6 Å². The topological polar surface area (TPSA) is 38.8 Å². The molecule has 2 rings (SSSR count). The Kier molecular flexibility index (Phi) is 6.26. The van der Waals surface area contributed by atoms with E-state index in [-0.39, 0.29) is 22.9 Å². The van der Waals surface area contributed by atoms with Gasteiger partial charge in [0, 0.05) is 12.1 Å². The smallest absolute Gasteiger partial charge is 0.419 e. The minimum absolute atomic E-state index is 0.201. The summed E-state index contributed by atoms with van der Waals surface area (Å²) in [6.07, 6.45) is -2.49. The predicted molar refractivity (Wildman–Crippen MR) is 90.7 cm³/mol. The zero-order valence-electron chi connectivity index (χ0n) is 14.1. The van der Waals surface area contributed by atoms with Crippen molar-refractivity contribution in [2.24, 2.45) is 0 Å². The van der Waals surface area contributed by atoms with Gasteiger partial charge in [-0.2, -0.15) is 13.2 Å². The molecule has 0 N–H and O–H groups in total. The number of hydrogen-bond donors (Lipinski definition) is 0. The molecule has 138 valence electrons. The average Bonchev–Trinajstić information content (AvgIpc) is 2.53. The minimum atomic E-state index is -4.55. The lowest BCUT2D eigenvalue weighted by Crippen LogP contribution is -2.55. The molecule has 1 aliphatic rings. The van der Waals surface area contributed by atoms with Crippen LogP contribution in [0.3, 0.4) is 0 Å². The van der Waals surface area contributed by atoms with E-state index in [9.17, 15) is 18.0 Å². The van der Waals surface area contributed by atoms with Gasteiger partial charge in [0.15, 0.2) is 0 Å². The summed E-state index contributed by atoms with van der Waals surface area (Å²) in [4.78, 5) is 13.4. The lowest BCUT2D eigenvalue weighted by atomic mass is 10.0. The Bertz CT molecular complexity index is 649. The number of ether oxygens (including phenoxy) is 2. The van der Waals surface area contributed by atoms with Crippen LogP contribution in [-0.2, 0) is 15.7 Å². The lowest BCUT2D eigenvalue weighted by molar-refractivity contribution is -0.148. The van der Waals surface area contributed by atoms with Crippen molar-refractivity contribution in [1.29, 1.82) is 0 Å². The summed E-state index contributed by atoms with van der Waals surface area (Å²) in [6.45, 7) is 2.66. The van der Waals surface area contributed by atoms with Crippen molar-refractivity contribution in [3.63, 3.8) is 0 Å². The highest BCUT2D eigenvalue weighted by Crippen LogP contribution is 2.37. The monoisotopic (exact) mass is 375 g/mol. The molecule has 25 heavy (non-hydrogen) atoms. The number of esters is 1. The van der Waals surface area contributed by atoms with Gasteiger partial charge in [-0.25, -0.2) is 4.79 Å². The first-order valence-electron chi connectivity index (χ1n) is 8.02. The van der Waals surface area contributed by atoms with Crippen molar-refractivity contribution < 1.29 is 27.4 Å². The molecule has 1 atom stereocenters. The maximum atomic E-state index is 13.3. The third kappa shape index (κ3) is 4.42. The van der Waals surface area contributed by atoms with Gasteiger partial charge in [0.1, 0.15) is 16.8 Å². The van der Waals surface area contributed by atoms with Gasteiger partial charge in [-0.3, -0.25) is 0 Å². The summed E-state index contributed by atoms with van der Waals surface area (Å²) in [6, 6.07) is 3.22. The van der Waals surface area contributed by atoms with Crippen LogP contribution >= 0.6 is 12.2 Å². The Hall–Kier alpha value is -1.83. The molecule has 0 aromatic heterocycles. The van der Waals surface area contributed by atoms with E-state index in [2.05, 4.69) is 4.74 Å². The summed E-state index contributed by atoms with van der Waals surface area (Å²) < 4.78 is 50.0. The van der Waals surface area contributed by atoms with E-state index in [1.165, 1.54) is 19.2 Å². The van der Waals surface area contributed by atoms with Crippen molar-refractivity contribution in [2.45, 2.75) is 38.4 Å². The molecule has 0 bridgehead atoms. The Labute approximate surface area is 149 Å². The Morgan fingerprint density at radius 2 is 2.12 bits per heavy atom. The van der Waals surface area contributed by atoms with Crippen LogP contribution in [0.25, 0.3) is 0 Å². The number of unbranched alkanes of at least 4 members (excludes halogenated alkanes) is 1. The number of halogens is 3. The van der Waals surface area contributed by atoms with E-state index in [0.29, 0.717) is 19.4 Å². The normalized spacial score (nSPS) is 17.0. The van der Waals surface area contributed by atoms with Gasteiger partial charge in [0.05, 0.1) is 19.3 Å². The van der Waals surface area contributed by atoms with E-state index >= 15 is 0 Å². The molecule has 1 saturated heterocycles. The van der Waals surface area contributed by atoms with E-state index in [1.54, 1.807) is 4.90 Å². The third-order valence-electron chi connectivity index (χ3n) is 4.04. The molecule has 1 aromatic carbocycles. The van der Waals surface area contributed by atoms with Crippen LogP contribution in [0, 0.1) is 0 Å². The van der Waals surface area contributed by atoms with Gasteiger partial charge in [0.25, 0.3) is 0 Å². The number of hydrogen-bond acceptors (Lipinski definition) is 4. The number of thiocarbonyl (C=S) groups is 1. The molecular weight excluding hydrogens is 355 g/mol. The molecule has 0 unspecified atom stereocenters. The number of rotatable bonds is 6. The van der Waals surface area contributed by atoms with E-state index in [1.807, 2.05) is 6.92 Å². The van der Waals surface area contributed by atoms with Crippen molar-refractivity contribution in [3.8, 4) is 5.75 Å². The fourth-order valence-electron chi connectivity index (χ4n) is 2.51. The Morgan fingerprint density at radius 3 is 2.64 bits per heavy atom. The average molecular weight is 375 g/mol. The summed E-state index contributed by atoms with van der Waals surface area (Å²) in [5.74, 6) is -0.648. The second kappa shape index (κ2) is 8.03. The van der Waals surface area contributed by atoms with Crippen molar-refractivity contribution in [1.82, 2.24) is 4.90 Å². The number of carbonyl (C=O) groups excluding carboxylic acids is 1. The van der Waals surface area contributed by atoms with Crippen LogP contribution in [0.1, 0.15) is 37.3 Å². The number of nitrogens with zero attached hydrogens (tertiary/aromatic N) is 1. The number of likely N-dealkylation sites (tertiary alicyclic amines) is 1. The first-order valence-corrected chi connectivity index (χ1v) is 8.43. The molecule has 0 spiro atoms. The van der Waals surface area contributed by atoms with E-state index < -0.39 is 23.8 Å². The van der Waals surface area contributed by atoms with Crippen molar-refractivity contribution >= 4 is 23.2 Å². The molecule has 0 amide bonds. The second-order valence-electron chi connectivity index (χ2n) is 5.74. The van der Waals surface area contributed by atoms with Crippen LogP contribution in [0.2, 0.25) is 0 Å².